The number of hydrogen-bond donors (Lipinski definition) is 2. The molecule has 0 atom stereocenters. The number of carbonyl (C=O) groups is 1. The maximum Gasteiger partial charge on any atom is 0.394 e. The molecule has 13 heavy (non-hydrogen) atoms. The summed E-state index contributed by atoms with van der Waals surface area (Å²) in [5.41, 5.74) is 0. The monoisotopic (exact) mass is 214 g/mol. The van der Waals surface area contributed by atoms with E-state index in [1.165, 1.54) is 6.92 Å². The van der Waals surface area contributed by atoms with Gasteiger partial charge in [0.25, 0.3) is 0 Å². The highest BCUT2D eigenvalue weighted by molar-refractivity contribution is 7.79. The van der Waals surface area contributed by atoms with Crippen molar-refractivity contribution in [2.24, 2.45) is 0 Å². The first-order chi connectivity index (χ1) is 5.77. The van der Waals surface area contributed by atoms with E-state index in [1.807, 2.05) is 0 Å². The minimum atomic E-state index is -4.67. The molecule has 2 N–H and O–H groups in total. The summed E-state index contributed by atoms with van der Waals surface area (Å²) in [4.78, 5) is 10.1. The molecular formula is C6H14O6S. The Bertz CT molecular complexity index is 211. The van der Waals surface area contributed by atoms with Gasteiger partial charge in [0.05, 0.1) is 6.61 Å². The largest absolute Gasteiger partial charge is 0.466 e. The second-order valence-electron chi connectivity index (χ2n) is 2.14. The molecule has 0 heterocycles. The van der Waals surface area contributed by atoms with Gasteiger partial charge < -0.3 is 4.74 Å². The molecule has 0 bridgehead atoms. The molecule has 0 amide bonds. The Morgan fingerprint density at radius 2 is 1.77 bits per heavy atom. The summed E-state index contributed by atoms with van der Waals surface area (Å²) < 4.78 is 36.2. The van der Waals surface area contributed by atoms with Gasteiger partial charge in [0.1, 0.15) is 0 Å². The molecule has 0 saturated heterocycles. The van der Waals surface area contributed by atoms with E-state index in [1.54, 1.807) is 0 Å². The van der Waals surface area contributed by atoms with Gasteiger partial charge in [-0.05, 0) is 6.42 Å². The van der Waals surface area contributed by atoms with Crippen molar-refractivity contribution in [1.29, 1.82) is 0 Å². The molecule has 0 unspecified atom stereocenters. The quantitative estimate of drug-likeness (QED) is 0.407. The van der Waals surface area contributed by atoms with Gasteiger partial charge in [-0.1, -0.05) is 13.3 Å². The molecule has 0 spiro atoms. The fourth-order valence-electron chi connectivity index (χ4n) is 0.360. The summed E-state index contributed by atoms with van der Waals surface area (Å²) in [6.45, 7) is 4.06. The topological polar surface area (TPSA) is 101 Å². The predicted octanol–water partition coefficient (Wildman–Crippen LogP) is 0.697. The zero-order chi connectivity index (χ0) is 10.9. The Labute approximate surface area is 77.5 Å². The van der Waals surface area contributed by atoms with Gasteiger partial charge in [0, 0.05) is 6.92 Å². The fraction of sp³-hybridized carbons (Fsp3) is 0.833. The number of hydrogen-bond acceptors (Lipinski definition) is 4. The maximum atomic E-state index is 10.1. The average molecular weight is 214 g/mol. The van der Waals surface area contributed by atoms with Crippen LogP contribution < -0.4 is 0 Å². The summed E-state index contributed by atoms with van der Waals surface area (Å²) >= 11 is 0. The van der Waals surface area contributed by atoms with Crippen molar-refractivity contribution in [2.45, 2.75) is 26.7 Å². The molecule has 80 valence electrons. The second-order valence-corrected chi connectivity index (χ2v) is 3.04. The third-order valence-corrected chi connectivity index (χ3v) is 0.803. The van der Waals surface area contributed by atoms with Crippen LogP contribution in [0.3, 0.4) is 0 Å². The van der Waals surface area contributed by atoms with Crippen molar-refractivity contribution in [3.05, 3.63) is 0 Å². The van der Waals surface area contributed by atoms with E-state index in [-0.39, 0.29) is 5.97 Å². The lowest BCUT2D eigenvalue weighted by Crippen LogP contribution is -1.99. The van der Waals surface area contributed by atoms with Crippen molar-refractivity contribution in [3.63, 3.8) is 0 Å². The first-order valence-corrected chi connectivity index (χ1v) is 5.00. The highest BCUT2D eigenvalue weighted by Crippen LogP contribution is 1.86. The third kappa shape index (κ3) is 52.5. The average Bonchev–Trinajstić information content (AvgIpc) is 1.83. The van der Waals surface area contributed by atoms with Gasteiger partial charge in [0.15, 0.2) is 0 Å². The molecule has 0 saturated carbocycles. The number of rotatable bonds is 3. The minimum absolute atomic E-state index is 0.182. The Hall–Kier alpha value is -0.660. The highest BCUT2D eigenvalue weighted by Gasteiger charge is 1.88. The van der Waals surface area contributed by atoms with E-state index in [2.05, 4.69) is 11.7 Å². The molecule has 0 radical (unpaired) electrons. The predicted molar refractivity (Wildman–Crippen MR) is 45.7 cm³/mol. The third-order valence-electron chi connectivity index (χ3n) is 0.803. The summed E-state index contributed by atoms with van der Waals surface area (Å²) in [6, 6.07) is 0. The molecule has 6 nitrogen and oxygen atoms in total. The summed E-state index contributed by atoms with van der Waals surface area (Å²) in [7, 11) is -4.67. The van der Waals surface area contributed by atoms with Crippen molar-refractivity contribution in [2.75, 3.05) is 6.61 Å². The number of esters is 1. The lowest BCUT2D eigenvalue weighted by atomic mass is 10.4. The van der Waals surface area contributed by atoms with Crippen LogP contribution in [0.2, 0.25) is 0 Å². The van der Waals surface area contributed by atoms with Gasteiger partial charge >= 0.3 is 16.4 Å². The minimum Gasteiger partial charge on any atom is -0.466 e. The van der Waals surface area contributed by atoms with E-state index in [0.717, 1.165) is 12.8 Å². The molecule has 0 aliphatic heterocycles. The normalized spacial score (nSPS) is 9.85. The second kappa shape index (κ2) is 7.96. The molecule has 0 aromatic heterocycles. The maximum absolute atomic E-state index is 10.1. The molecule has 0 aliphatic rings. The zero-order valence-electron chi connectivity index (χ0n) is 7.56. The molecule has 0 rings (SSSR count). The fourth-order valence-corrected chi connectivity index (χ4v) is 0.360. The smallest absolute Gasteiger partial charge is 0.394 e. The van der Waals surface area contributed by atoms with Crippen LogP contribution in [0.4, 0.5) is 0 Å². The van der Waals surface area contributed by atoms with Crippen LogP contribution in [-0.2, 0) is 19.9 Å². The highest BCUT2D eigenvalue weighted by atomic mass is 32.3. The SMILES string of the molecule is CCCCOC(C)=O.O=S(=O)(O)O. The Kier molecular flexibility index (Phi) is 9.09. The zero-order valence-corrected chi connectivity index (χ0v) is 8.37. The molecule has 7 heteroatoms. The number of unbranched alkanes of at least 4 members (excludes halogenated alkanes) is 1. The Morgan fingerprint density at radius 3 is 2.00 bits per heavy atom. The van der Waals surface area contributed by atoms with Gasteiger partial charge in [-0.25, -0.2) is 0 Å². The van der Waals surface area contributed by atoms with Gasteiger partial charge in [-0.2, -0.15) is 8.42 Å². The van der Waals surface area contributed by atoms with Crippen molar-refractivity contribution >= 4 is 16.4 Å². The van der Waals surface area contributed by atoms with E-state index in [9.17, 15) is 4.79 Å². The van der Waals surface area contributed by atoms with Crippen LogP contribution in [0.1, 0.15) is 26.7 Å². The summed E-state index contributed by atoms with van der Waals surface area (Å²) in [5.74, 6) is -0.182. The van der Waals surface area contributed by atoms with Crippen molar-refractivity contribution in [1.82, 2.24) is 0 Å². The van der Waals surface area contributed by atoms with Gasteiger partial charge in [0.2, 0.25) is 0 Å². The Balaban J connectivity index is 0. The van der Waals surface area contributed by atoms with Gasteiger partial charge in [-0.15, -0.1) is 0 Å². The van der Waals surface area contributed by atoms with Crippen molar-refractivity contribution in [3.8, 4) is 0 Å². The van der Waals surface area contributed by atoms with Crippen LogP contribution in [-0.4, -0.2) is 30.1 Å². The standard InChI is InChI=1S/C6H12O2.H2O4S/c1-3-4-5-8-6(2)7;1-5(2,3)4/h3-5H2,1-2H3;(H2,1,2,3,4). The van der Waals surface area contributed by atoms with Crippen LogP contribution >= 0.6 is 0 Å². The first-order valence-electron chi connectivity index (χ1n) is 3.60. The summed E-state index contributed by atoms with van der Waals surface area (Å²) in [6.07, 6.45) is 2.05. The van der Waals surface area contributed by atoms with Crippen LogP contribution in [0.15, 0.2) is 0 Å². The van der Waals surface area contributed by atoms with Gasteiger partial charge in [-0.3, -0.25) is 13.9 Å². The van der Waals surface area contributed by atoms with Crippen LogP contribution in [0.25, 0.3) is 0 Å². The molecule has 0 fully saturated rings. The summed E-state index contributed by atoms with van der Waals surface area (Å²) in [5, 5.41) is 0. The number of ether oxygens (including phenoxy) is 1. The molecule has 0 aromatic carbocycles. The Morgan fingerprint density at radius 1 is 1.38 bits per heavy atom. The van der Waals surface area contributed by atoms with Crippen LogP contribution in [0.5, 0.6) is 0 Å². The number of carbonyl (C=O) groups excluding carboxylic acids is 1. The van der Waals surface area contributed by atoms with Crippen LogP contribution in [0, 0.1) is 0 Å². The molecule has 0 aliphatic carbocycles. The van der Waals surface area contributed by atoms with E-state index >= 15 is 0 Å². The lowest BCUT2D eigenvalue weighted by molar-refractivity contribution is -0.141. The molecular weight excluding hydrogens is 200 g/mol. The van der Waals surface area contributed by atoms with E-state index < -0.39 is 10.4 Å². The van der Waals surface area contributed by atoms with E-state index in [4.69, 9.17) is 17.5 Å². The molecule has 0 aromatic rings. The van der Waals surface area contributed by atoms with Crippen molar-refractivity contribution < 1.29 is 27.1 Å². The lowest BCUT2D eigenvalue weighted by Gasteiger charge is -1.96. The first kappa shape index (κ1) is 14.8. The van der Waals surface area contributed by atoms with E-state index in [0.29, 0.717) is 6.61 Å².